The van der Waals surface area contributed by atoms with E-state index in [1.807, 2.05) is 54.9 Å². The quantitative estimate of drug-likeness (QED) is 0.389. The minimum Gasteiger partial charge on any atom is -1.00 e. The SMILES string of the molecule is O=C(CCCC[n+]1ccccc1)NCCc1nc2ccccc2[nH]1.[Br-]. The molecule has 3 rings (SSSR count). The first-order valence-electron chi connectivity index (χ1n) is 8.46. The summed E-state index contributed by atoms with van der Waals surface area (Å²) >= 11 is 0. The molecule has 0 unspecified atom stereocenters. The number of hydrogen-bond acceptors (Lipinski definition) is 2. The average Bonchev–Trinajstić information content (AvgIpc) is 3.02. The Hall–Kier alpha value is -2.21. The topological polar surface area (TPSA) is 61.7 Å². The van der Waals surface area contributed by atoms with Crippen molar-refractivity contribution < 1.29 is 26.3 Å². The minimum atomic E-state index is 0. The Morgan fingerprint density at radius 1 is 1.08 bits per heavy atom. The van der Waals surface area contributed by atoms with Crippen LogP contribution in [0.25, 0.3) is 11.0 Å². The van der Waals surface area contributed by atoms with Gasteiger partial charge in [0.25, 0.3) is 0 Å². The molecular formula is C19H23BrN4O. The number of nitrogens with zero attached hydrogens (tertiary/aromatic N) is 2. The van der Waals surface area contributed by atoms with Gasteiger partial charge in [-0.25, -0.2) is 9.55 Å². The molecule has 0 aliphatic rings. The highest BCUT2D eigenvalue weighted by Crippen LogP contribution is 2.10. The molecule has 25 heavy (non-hydrogen) atoms. The lowest BCUT2D eigenvalue weighted by atomic mass is 10.2. The third kappa shape index (κ3) is 5.98. The third-order valence-electron chi connectivity index (χ3n) is 3.97. The highest BCUT2D eigenvalue weighted by molar-refractivity contribution is 5.76. The summed E-state index contributed by atoms with van der Waals surface area (Å²) in [6, 6.07) is 14.0. The number of benzene rings is 1. The van der Waals surface area contributed by atoms with Gasteiger partial charge in [0.1, 0.15) is 12.4 Å². The van der Waals surface area contributed by atoms with Gasteiger partial charge in [-0.3, -0.25) is 4.79 Å². The number of carbonyl (C=O) groups is 1. The lowest BCUT2D eigenvalue weighted by molar-refractivity contribution is -0.697. The number of rotatable bonds is 8. The van der Waals surface area contributed by atoms with Crippen LogP contribution in [0.3, 0.4) is 0 Å². The van der Waals surface area contributed by atoms with Crippen molar-refractivity contribution in [2.45, 2.75) is 32.2 Å². The van der Waals surface area contributed by atoms with E-state index in [-0.39, 0.29) is 22.9 Å². The standard InChI is InChI=1S/C19H22N4O.BrH/c24-19(10-4-7-15-23-13-5-1-6-14-23)20-12-11-18-21-16-8-2-3-9-17(16)22-18;/h1-3,5-6,8-9,13-14H,4,7,10-12,15H2,(H-,20,21,22,24);1H. The molecule has 0 saturated heterocycles. The lowest BCUT2D eigenvalue weighted by Gasteiger charge is -2.03. The van der Waals surface area contributed by atoms with Gasteiger partial charge in [-0.1, -0.05) is 18.2 Å². The van der Waals surface area contributed by atoms with Gasteiger partial charge < -0.3 is 27.3 Å². The Balaban J connectivity index is 0.00000225. The number of pyridine rings is 1. The summed E-state index contributed by atoms with van der Waals surface area (Å²) in [5, 5.41) is 2.97. The van der Waals surface area contributed by atoms with Crippen molar-refractivity contribution in [3.8, 4) is 0 Å². The number of carbonyl (C=O) groups excluding carboxylic acids is 1. The Morgan fingerprint density at radius 3 is 2.68 bits per heavy atom. The largest absolute Gasteiger partial charge is 1.00 e. The van der Waals surface area contributed by atoms with Crippen molar-refractivity contribution in [3.63, 3.8) is 0 Å². The van der Waals surface area contributed by atoms with Crippen LogP contribution in [-0.2, 0) is 17.8 Å². The Labute approximate surface area is 158 Å². The highest BCUT2D eigenvalue weighted by atomic mass is 79.9. The second-order valence-electron chi connectivity index (χ2n) is 5.87. The van der Waals surface area contributed by atoms with Crippen molar-refractivity contribution in [1.29, 1.82) is 0 Å². The zero-order valence-electron chi connectivity index (χ0n) is 14.1. The molecule has 1 amide bonds. The van der Waals surface area contributed by atoms with Crippen LogP contribution in [0.1, 0.15) is 25.1 Å². The zero-order chi connectivity index (χ0) is 16.6. The molecule has 0 aliphatic carbocycles. The molecule has 0 fully saturated rings. The van der Waals surface area contributed by atoms with Crippen LogP contribution in [0, 0.1) is 0 Å². The summed E-state index contributed by atoms with van der Waals surface area (Å²) in [7, 11) is 0. The van der Waals surface area contributed by atoms with Crippen molar-refractivity contribution >= 4 is 16.9 Å². The molecule has 0 radical (unpaired) electrons. The fourth-order valence-electron chi connectivity index (χ4n) is 2.70. The van der Waals surface area contributed by atoms with Gasteiger partial charge in [0.2, 0.25) is 5.91 Å². The molecule has 0 spiro atoms. The maximum Gasteiger partial charge on any atom is 0.220 e. The third-order valence-corrected chi connectivity index (χ3v) is 3.97. The Morgan fingerprint density at radius 2 is 1.88 bits per heavy atom. The number of aromatic nitrogens is 3. The maximum atomic E-state index is 11.9. The summed E-state index contributed by atoms with van der Waals surface area (Å²) < 4.78 is 2.14. The molecule has 0 aliphatic heterocycles. The van der Waals surface area contributed by atoms with E-state index in [1.165, 1.54) is 0 Å². The second-order valence-corrected chi connectivity index (χ2v) is 5.87. The van der Waals surface area contributed by atoms with Gasteiger partial charge in [0.15, 0.2) is 12.4 Å². The Kier molecular flexibility index (Phi) is 7.60. The van der Waals surface area contributed by atoms with Gasteiger partial charge in [-0.2, -0.15) is 0 Å². The summed E-state index contributed by atoms with van der Waals surface area (Å²) in [6.07, 6.45) is 7.30. The van der Waals surface area contributed by atoms with Crippen LogP contribution in [0.4, 0.5) is 0 Å². The number of H-pyrrole nitrogens is 1. The van der Waals surface area contributed by atoms with Crippen molar-refractivity contribution in [3.05, 3.63) is 60.7 Å². The van der Waals surface area contributed by atoms with E-state index in [0.717, 1.165) is 42.7 Å². The van der Waals surface area contributed by atoms with Crippen LogP contribution < -0.4 is 26.9 Å². The molecule has 2 N–H and O–H groups in total. The number of halogens is 1. The Bertz CT molecular complexity index is 755. The maximum absolute atomic E-state index is 11.9. The first-order valence-corrected chi connectivity index (χ1v) is 8.46. The van der Waals surface area contributed by atoms with E-state index in [1.54, 1.807) is 0 Å². The second kappa shape index (κ2) is 9.93. The van der Waals surface area contributed by atoms with Gasteiger partial charge in [0, 0.05) is 37.9 Å². The van der Waals surface area contributed by atoms with Gasteiger partial charge in [0.05, 0.1) is 11.0 Å². The van der Waals surface area contributed by atoms with E-state index in [2.05, 4.69) is 19.9 Å². The zero-order valence-corrected chi connectivity index (χ0v) is 15.7. The lowest BCUT2D eigenvalue weighted by Crippen LogP contribution is -3.00. The van der Waals surface area contributed by atoms with E-state index in [4.69, 9.17) is 0 Å². The number of imidazole rings is 1. The normalized spacial score (nSPS) is 10.4. The van der Waals surface area contributed by atoms with Gasteiger partial charge in [-0.05, 0) is 18.6 Å². The number of hydrogen-bond donors (Lipinski definition) is 2. The van der Waals surface area contributed by atoms with Crippen LogP contribution in [0.2, 0.25) is 0 Å². The first kappa shape index (κ1) is 19.1. The first-order chi connectivity index (χ1) is 11.8. The number of nitrogens with one attached hydrogen (secondary N) is 2. The minimum absolute atomic E-state index is 0. The predicted molar refractivity (Wildman–Crippen MR) is 93.3 cm³/mol. The smallest absolute Gasteiger partial charge is 0.220 e. The highest BCUT2D eigenvalue weighted by Gasteiger charge is 2.05. The van der Waals surface area contributed by atoms with Crippen LogP contribution in [0.15, 0.2) is 54.9 Å². The van der Waals surface area contributed by atoms with Crippen LogP contribution >= 0.6 is 0 Å². The van der Waals surface area contributed by atoms with Gasteiger partial charge in [-0.15, -0.1) is 0 Å². The predicted octanol–water partition coefficient (Wildman–Crippen LogP) is -0.616. The summed E-state index contributed by atoms with van der Waals surface area (Å²) in [5.74, 6) is 1.03. The van der Waals surface area contributed by atoms with Crippen molar-refractivity contribution in [2.75, 3.05) is 6.54 Å². The average molecular weight is 403 g/mol. The molecule has 1 aromatic carbocycles. The summed E-state index contributed by atoms with van der Waals surface area (Å²) in [6.45, 7) is 1.57. The molecule has 2 heterocycles. The molecule has 0 bridgehead atoms. The summed E-state index contributed by atoms with van der Waals surface area (Å²) in [4.78, 5) is 19.7. The van der Waals surface area contributed by atoms with Crippen molar-refractivity contribution in [2.24, 2.45) is 0 Å². The number of aryl methyl sites for hydroxylation is 1. The number of para-hydroxylation sites is 2. The van der Waals surface area contributed by atoms with Crippen LogP contribution in [0.5, 0.6) is 0 Å². The molecule has 2 aromatic heterocycles. The molecule has 5 nitrogen and oxygen atoms in total. The molecule has 0 saturated carbocycles. The van der Waals surface area contributed by atoms with E-state index in [0.29, 0.717) is 13.0 Å². The number of unbranched alkanes of at least 4 members (excludes halogenated alkanes) is 1. The summed E-state index contributed by atoms with van der Waals surface area (Å²) in [5.41, 5.74) is 2.01. The van der Waals surface area contributed by atoms with E-state index in [9.17, 15) is 4.79 Å². The molecule has 3 aromatic rings. The fraction of sp³-hybridized carbons (Fsp3) is 0.316. The van der Waals surface area contributed by atoms with Crippen LogP contribution in [-0.4, -0.2) is 22.4 Å². The molecule has 0 atom stereocenters. The van der Waals surface area contributed by atoms with Gasteiger partial charge >= 0.3 is 0 Å². The van der Waals surface area contributed by atoms with E-state index >= 15 is 0 Å². The molecule has 6 heteroatoms. The molecular weight excluding hydrogens is 380 g/mol. The van der Waals surface area contributed by atoms with E-state index < -0.39 is 0 Å². The monoisotopic (exact) mass is 402 g/mol. The molecule has 132 valence electrons. The number of fused-ring (bicyclic) bond motifs is 1. The number of aromatic amines is 1. The fourth-order valence-corrected chi connectivity index (χ4v) is 2.70. The number of amides is 1. The van der Waals surface area contributed by atoms with Crippen molar-refractivity contribution in [1.82, 2.24) is 15.3 Å².